The molecule has 32 heavy (non-hydrogen) atoms. The van der Waals surface area contributed by atoms with Gasteiger partial charge in [0.2, 0.25) is 11.8 Å². The molecule has 2 heterocycles. The van der Waals surface area contributed by atoms with E-state index in [4.69, 9.17) is 4.74 Å². The van der Waals surface area contributed by atoms with Crippen molar-refractivity contribution < 1.29 is 14.3 Å². The summed E-state index contributed by atoms with van der Waals surface area (Å²) in [5.74, 6) is 1.24. The van der Waals surface area contributed by atoms with Crippen LogP contribution in [0.3, 0.4) is 0 Å². The Balaban J connectivity index is 1.32. The summed E-state index contributed by atoms with van der Waals surface area (Å²) in [6, 6.07) is 10.3. The first-order chi connectivity index (χ1) is 15.6. The summed E-state index contributed by atoms with van der Waals surface area (Å²) in [6.45, 7) is 3.36. The van der Waals surface area contributed by atoms with Gasteiger partial charge in [-0.25, -0.2) is 0 Å². The molecule has 1 aliphatic heterocycles. The summed E-state index contributed by atoms with van der Waals surface area (Å²) in [6.07, 6.45) is 7.15. The highest BCUT2D eigenvalue weighted by Gasteiger charge is 2.40. The summed E-state index contributed by atoms with van der Waals surface area (Å²) < 4.78 is 6.21. The molecule has 0 saturated heterocycles. The van der Waals surface area contributed by atoms with E-state index < -0.39 is 0 Å². The summed E-state index contributed by atoms with van der Waals surface area (Å²) in [5.41, 5.74) is 2.29. The predicted molar refractivity (Wildman–Crippen MR) is 126 cm³/mol. The Bertz CT molecular complexity index is 977. The molecule has 2 aromatic rings. The Morgan fingerprint density at radius 1 is 1.12 bits per heavy atom. The smallest absolute Gasteiger partial charge is 0.242 e. The number of ether oxygens (including phenoxy) is 1. The number of hydrogen-bond acceptors (Lipinski definition) is 4. The van der Waals surface area contributed by atoms with Gasteiger partial charge in [-0.1, -0.05) is 31.0 Å². The van der Waals surface area contributed by atoms with Crippen molar-refractivity contribution in [1.29, 1.82) is 0 Å². The Hall–Kier alpha value is -2.34. The van der Waals surface area contributed by atoms with E-state index in [0.717, 1.165) is 56.3 Å². The van der Waals surface area contributed by atoms with Crippen molar-refractivity contribution in [3.8, 4) is 5.75 Å². The fraction of sp³-hybridized carbons (Fsp3) is 0.538. The lowest BCUT2D eigenvalue weighted by Crippen LogP contribution is -2.49. The van der Waals surface area contributed by atoms with Gasteiger partial charge in [0.15, 0.2) is 0 Å². The van der Waals surface area contributed by atoms with Gasteiger partial charge in [0.25, 0.3) is 0 Å². The highest BCUT2D eigenvalue weighted by molar-refractivity contribution is 7.10. The number of benzene rings is 1. The van der Waals surface area contributed by atoms with Crippen LogP contribution in [0.1, 0.15) is 60.6 Å². The van der Waals surface area contributed by atoms with E-state index in [-0.39, 0.29) is 36.4 Å². The molecular weight excluding hydrogens is 420 g/mol. The Morgan fingerprint density at radius 3 is 2.66 bits per heavy atom. The molecule has 0 radical (unpaired) electrons. The van der Waals surface area contributed by atoms with E-state index in [9.17, 15) is 9.59 Å². The third-order valence-corrected chi connectivity index (χ3v) is 8.18. The normalized spacial score (nSPS) is 20.8. The number of thiophene rings is 1. The van der Waals surface area contributed by atoms with Gasteiger partial charge in [-0.15, -0.1) is 11.3 Å². The maximum atomic E-state index is 13.6. The SMILES string of the molecule is Cc1ccccc1OC[C@@H]1c2ccsc2CCN1C(=O)CN(C(=O)C1CCCC1)C1CC1. The first-order valence-electron chi connectivity index (χ1n) is 12.0. The van der Waals surface area contributed by atoms with Gasteiger partial charge in [0.1, 0.15) is 18.9 Å². The molecule has 5 rings (SSSR count). The number of nitrogens with zero attached hydrogens (tertiary/aromatic N) is 2. The van der Waals surface area contributed by atoms with Crippen molar-refractivity contribution >= 4 is 23.2 Å². The lowest BCUT2D eigenvalue weighted by molar-refractivity contribution is -0.145. The standard InChI is InChI=1S/C26H32N2O3S/c1-18-6-2-5-9-23(18)31-17-22-21-13-15-32-24(21)12-14-27(22)25(29)16-28(20-10-11-20)26(30)19-7-3-4-8-19/h2,5-6,9,13,15,19-20,22H,3-4,7-8,10-12,14,16-17H2,1H3/t22-/m1/s1. The van der Waals surface area contributed by atoms with Crippen LogP contribution in [0.4, 0.5) is 0 Å². The minimum atomic E-state index is -0.111. The minimum Gasteiger partial charge on any atom is -0.491 e. The highest BCUT2D eigenvalue weighted by atomic mass is 32.1. The van der Waals surface area contributed by atoms with E-state index in [1.165, 1.54) is 10.4 Å². The number of para-hydroxylation sites is 1. The molecule has 0 bridgehead atoms. The molecule has 1 aromatic carbocycles. The van der Waals surface area contributed by atoms with Gasteiger partial charge in [0, 0.05) is 23.4 Å². The Morgan fingerprint density at radius 2 is 1.91 bits per heavy atom. The topological polar surface area (TPSA) is 49.9 Å². The second-order valence-corrected chi connectivity index (χ2v) is 10.4. The third-order valence-electron chi connectivity index (χ3n) is 7.19. The number of carbonyl (C=O) groups is 2. The number of carbonyl (C=O) groups excluding carboxylic acids is 2. The first kappa shape index (κ1) is 21.5. The molecule has 1 aromatic heterocycles. The number of amides is 2. The van der Waals surface area contributed by atoms with Gasteiger partial charge in [-0.3, -0.25) is 9.59 Å². The van der Waals surface area contributed by atoms with E-state index in [0.29, 0.717) is 13.2 Å². The number of aryl methyl sites for hydroxylation is 1. The maximum Gasteiger partial charge on any atom is 0.242 e. The molecule has 0 spiro atoms. The van der Waals surface area contributed by atoms with Crippen molar-refractivity contribution in [3.05, 3.63) is 51.7 Å². The van der Waals surface area contributed by atoms with Gasteiger partial charge in [-0.2, -0.15) is 0 Å². The van der Waals surface area contributed by atoms with Crippen LogP contribution in [-0.4, -0.2) is 47.4 Å². The zero-order chi connectivity index (χ0) is 22.1. The van der Waals surface area contributed by atoms with Gasteiger partial charge < -0.3 is 14.5 Å². The number of fused-ring (bicyclic) bond motifs is 1. The summed E-state index contributed by atoms with van der Waals surface area (Å²) in [5, 5.41) is 2.11. The Labute approximate surface area is 194 Å². The molecular formula is C26H32N2O3S. The fourth-order valence-electron chi connectivity index (χ4n) is 5.18. The summed E-state index contributed by atoms with van der Waals surface area (Å²) in [7, 11) is 0. The van der Waals surface area contributed by atoms with Crippen LogP contribution in [0.25, 0.3) is 0 Å². The summed E-state index contributed by atoms with van der Waals surface area (Å²) >= 11 is 1.76. The van der Waals surface area contributed by atoms with Crippen LogP contribution in [0.15, 0.2) is 35.7 Å². The van der Waals surface area contributed by atoms with Gasteiger partial charge in [-0.05, 0) is 67.7 Å². The van der Waals surface area contributed by atoms with Gasteiger partial charge in [0.05, 0.1) is 6.04 Å². The molecule has 1 atom stereocenters. The highest BCUT2D eigenvalue weighted by Crippen LogP contribution is 2.36. The quantitative estimate of drug-likeness (QED) is 0.610. The van der Waals surface area contributed by atoms with E-state index in [1.807, 2.05) is 41.0 Å². The lowest BCUT2D eigenvalue weighted by atomic mass is 10.00. The van der Waals surface area contributed by atoms with Crippen LogP contribution >= 0.6 is 11.3 Å². The molecule has 0 N–H and O–H groups in total. The molecule has 0 unspecified atom stereocenters. The molecule has 5 nitrogen and oxygen atoms in total. The predicted octanol–water partition coefficient (Wildman–Crippen LogP) is 4.74. The average molecular weight is 453 g/mol. The van der Waals surface area contributed by atoms with Crippen LogP contribution in [0.2, 0.25) is 0 Å². The zero-order valence-corrected chi connectivity index (χ0v) is 19.6. The fourth-order valence-corrected chi connectivity index (χ4v) is 6.11. The minimum absolute atomic E-state index is 0.0541. The van der Waals surface area contributed by atoms with Gasteiger partial charge >= 0.3 is 0 Å². The van der Waals surface area contributed by atoms with Crippen LogP contribution < -0.4 is 4.74 Å². The molecule has 3 aliphatic rings. The second-order valence-electron chi connectivity index (χ2n) is 9.41. The van der Waals surface area contributed by atoms with Crippen LogP contribution in [-0.2, 0) is 16.0 Å². The van der Waals surface area contributed by atoms with Crippen molar-refractivity contribution in [2.24, 2.45) is 5.92 Å². The third kappa shape index (κ3) is 4.42. The van der Waals surface area contributed by atoms with Crippen molar-refractivity contribution in [2.45, 2.75) is 64.0 Å². The number of hydrogen-bond donors (Lipinski definition) is 0. The maximum absolute atomic E-state index is 13.6. The lowest BCUT2D eigenvalue weighted by Gasteiger charge is -2.37. The Kier molecular flexibility index (Phi) is 6.22. The summed E-state index contributed by atoms with van der Waals surface area (Å²) in [4.78, 5) is 31.9. The van der Waals surface area contributed by atoms with Crippen molar-refractivity contribution in [1.82, 2.24) is 9.80 Å². The van der Waals surface area contributed by atoms with E-state index >= 15 is 0 Å². The molecule has 2 aliphatic carbocycles. The average Bonchev–Trinajstić information content (AvgIpc) is 3.28. The molecule has 170 valence electrons. The molecule has 2 fully saturated rings. The van der Waals surface area contributed by atoms with Crippen molar-refractivity contribution in [3.63, 3.8) is 0 Å². The van der Waals surface area contributed by atoms with E-state index in [1.54, 1.807) is 11.3 Å². The largest absolute Gasteiger partial charge is 0.491 e. The number of rotatable bonds is 7. The molecule has 2 saturated carbocycles. The van der Waals surface area contributed by atoms with Crippen LogP contribution in [0, 0.1) is 12.8 Å². The first-order valence-corrected chi connectivity index (χ1v) is 12.8. The molecule has 6 heteroatoms. The molecule has 2 amide bonds. The monoisotopic (exact) mass is 452 g/mol. The van der Waals surface area contributed by atoms with E-state index in [2.05, 4.69) is 11.4 Å². The van der Waals surface area contributed by atoms with Crippen LogP contribution in [0.5, 0.6) is 5.75 Å². The zero-order valence-electron chi connectivity index (χ0n) is 18.8. The van der Waals surface area contributed by atoms with Crippen molar-refractivity contribution in [2.75, 3.05) is 19.7 Å². The second kappa shape index (κ2) is 9.26.